The molecular formula is C20H22N2O5S. The fourth-order valence-corrected chi connectivity index (χ4v) is 3.93. The highest BCUT2D eigenvalue weighted by atomic mass is 32.1. The number of carbonyl (C=O) groups excluding carboxylic acids is 1. The van der Waals surface area contributed by atoms with Gasteiger partial charge in [0.2, 0.25) is 0 Å². The van der Waals surface area contributed by atoms with Crippen molar-refractivity contribution >= 4 is 28.2 Å². The SMILES string of the molecule is Cc1oc2ccc(OCc3cncs3)cc2c1C(=O)NC1(CO)CCOCC1. The average Bonchev–Trinajstić information content (AvgIpc) is 3.33. The van der Waals surface area contributed by atoms with E-state index >= 15 is 0 Å². The van der Waals surface area contributed by atoms with Gasteiger partial charge in [0, 0.05) is 24.8 Å². The van der Waals surface area contributed by atoms with Crippen LogP contribution in [0.1, 0.15) is 33.8 Å². The van der Waals surface area contributed by atoms with Crippen LogP contribution in [0.3, 0.4) is 0 Å². The molecule has 0 spiro atoms. The lowest BCUT2D eigenvalue weighted by Crippen LogP contribution is -2.54. The number of furan rings is 1. The van der Waals surface area contributed by atoms with E-state index in [1.807, 2.05) is 12.1 Å². The predicted octanol–water partition coefficient (Wildman–Crippen LogP) is 3.05. The largest absolute Gasteiger partial charge is 0.488 e. The Balaban J connectivity index is 1.59. The van der Waals surface area contributed by atoms with E-state index in [0.29, 0.717) is 60.7 Å². The number of hydrogen-bond donors (Lipinski definition) is 2. The van der Waals surface area contributed by atoms with E-state index in [4.69, 9.17) is 13.9 Å². The monoisotopic (exact) mass is 402 g/mol. The van der Waals surface area contributed by atoms with Gasteiger partial charge in [0.25, 0.3) is 5.91 Å². The van der Waals surface area contributed by atoms with E-state index in [1.54, 1.807) is 24.7 Å². The van der Waals surface area contributed by atoms with Crippen molar-refractivity contribution in [3.63, 3.8) is 0 Å². The molecule has 1 aliphatic rings. The van der Waals surface area contributed by atoms with Gasteiger partial charge in [-0.25, -0.2) is 0 Å². The summed E-state index contributed by atoms with van der Waals surface area (Å²) in [6, 6.07) is 5.44. The zero-order valence-electron chi connectivity index (χ0n) is 15.6. The van der Waals surface area contributed by atoms with E-state index in [-0.39, 0.29) is 12.5 Å². The Bertz CT molecular complexity index is 961. The van der Waals surface area contributed by atoms with Gasteiger partial charge in [0.05, 0.1) is 28.1 Å². The average molecular weight is 402 g/mol. The number of rotatable bonds is 6. The molecule has 0 unspecified atom stereocenters. The van der Waals surface area contributed by atoms with Gasteiger partial charge in [-0.3, -0.25) is 9.78 Å². The summed E-state index contributed by atoms with van der Waals surface area (Å²) in [7, 11) is 0. The van der Waals surface area contributed by atoms with Gasteiger partial charge in [0.1, 0.15) is 23.7 Å². The second kappa shape index (κ2) is 7.90. The molecular weight excluding hydrogens is 380 g/mol. The molecule has 148 valence electrons. The lowest BCUT2D eigenvalue weighted by Gasteiger charge is -2.36. The number of amides is 1. The van der Waals surface area contributed by atoms with Crippen LogP contribution < -0.4 is 10.1 Å². The lowest BCUT2D eigenvalue weighted by atomic mass is 9.90. The zero-order chi connectivity index (χ0) is 19.6. The number of benzene rings is 1. The Kier molecular flexibility index (Phi) is 5.34. The quantitative estimate of drug-likeness (QED) is 0.658. The third-order valence-electron chi connectivity index (χ3n) is 5.06. The second-order valence-corrected chi connectivity index (χ2v) is 7.92. The maximum absolute atomic E-state index is 13.1. The number of fused-ring (bicyclic) bond motifs is 1. The first-order valence-corrected chi connectivity index (χ1v) is 10.0. The van der Waals surface area contributed by atoms with Crippen LogP contribution >= 0.6 is 11.3 Å². The van der Waals surface area contributed by atoms with Crippen LogP contribution in [0.15, 0.2) is 34.3 Å². The molecule has 2 N–H and O–H groups in total. The predicted molar refractivity (Wildman–Crippen MR) is 105 cm³/mol. The molecule has 1 aliphatic heterocycles. The highest BCUT2D eigenvalue weighted by molar-refractivity contribution is 7.09. The maximum atomic E-state index is 13.1. The smallest absolute Gasteiger partial charge is 0.255 e. The van der Waals surface area contributed by atoms with Crippen LogP contribution in [0.4, 0.5) is 0 Å². The number of aliphatic hydroxyl groups excluding tert-OH is 1. The van der Waals surface area contributed by atoms with Crippen molar-refractivity contribution in [2.75, 3.05) is 19.8 Å². The molecule has 1 aromatic carbocycles. The molecule has 7 nitrogen and oxygen atoms in total. The van der Waals surface area contributed by atoms with Gasteiger partial charge in [-0.1, -0.05) is 0 Å². The van der Waals surface area contributed by atoms with Gasteiger partial charge in [-0.15, -0.1) is 11.3 Å². The molecule has 2 aromatic heterocycles. The van der Waals surface area contributed by atoms with Crippen molar-refractivity contribution in [3.8, 4) is 5.75 Å². The summed E-state index contributed by atoms with van der Waals surface area (Å²) in [6.07, 6.45) is 2.92. The number of hydrogen-bond acceptors (Lipinski definition) is 7. The van der Waals surface area contributed by atoms with Gasteiger partial charge in [0.15, 0.2) is 0 Å². The van der Waals surface area contributed by atoms with E-state index in [1.165, 1.54) is 11.3 Å². The van der Waals surface area contributed by atoms with Crippen LogP contribution in [0.2, 0.25) is 0 Å². The summed E-state index contributed by atoms with van der Waals surface area (Å²) >= 11 is 1.53. The number of aryl methyl sites for hydroxylation is 1. The van der Waals surface area contributed by atoms with Crippen molar-refractivity contribution in [2.24, 2.45) is 0 Å². The Morgan fingerprint density at radius 2 is 2.21 bits per heavy atom. The number of aromatic nitrogens is 1. The lowest BCUT2D eigenvalue weighted by molar-refractivity contribution is 0.0125. The highest BCUT2D eigenvalue weighted by Crippen LogP contribution is 2.31. The molecule has 0 saturated carbocycles. The second-order valence-electron chi connectivity index (χ2n) is 6.95. The van der Waals surface area contributed by atoms with Crippen LogP contribution in [-0.2, 0) is 11.3 Å². The van der Waals surface area contributed by atoms with Crippen molar-refractivity contribution in [3.05, 3.63) is 46.1 Å². The molecule has 8 heteroatoms. The fourth-order valence-electron chi connectivity index (χ4n) is 3.43. The first kappa shape index (κ1) is 18.9. The molecule has 0 atom stereocenters. The van der Waals surface area contributed by atoms with Crippen molar-refractivity contribution in [2.45, 2.75) is 31.9 Å². The summed E-state index contributed by atoms with van der Waals surface area (Å²) in [6.45, 7) is 3.09. The van der Waals surface area contributed by atoms with E-state index in [9.17, 15) is 9.90 Å². The first-order chi connectivity index (χ1) is 13.6. The Hall–Kier alpha value is -2.42. The highest BCUT2D eigenvalue weighted by Gasteiger charge is 2.35. The normalized spacial score (nSPS) is 16.2. The number of aliphatic hydroxyl groups is 1. The van der Waals surface area contributed by atoms with Crippen molar-refractivity contribution < 1.29 is 23.8 Å². The molecule has 1 fully saturated rings. The first-order valence-electron chi connectivity index (χ1n) is 9.15. The zero-order valence-corrected chi connectivity index (χ0v) is 16.4. The number of nitrogens with one attached hydrogen (secondary N) is 1. The number of nitrogens with zero attached hydrogens (tertiary/aromatic N) is 1. The summed E-state index contributed by atoms with van der Waals surface area (Å²) in [5, 5.41) is 13.6. The van der Waals surface area contributed by atoms with Gasteiger partial charge >= 0.3 is 0 Å². The Morgan fingerprint density at radius 3 is 2.93 bits per heavy atom. The summed E-state index contributed by atoms with van der Waals surface area (Å²) in [5.41, 5.74) is 2.19. The summed E-state index contributed by atoms with van der Waals surface area (Å²) < 4.78 is 17.0. The van der Waals surface area contributed by atoms with Crippen LogP contribution in [0.5, 0.6) is 5.75 Å². The minimum absolute atomic E-state index is 0.125. The van der Waals surface area contributed by atoms with Gasteiger partial charge in [-0.2, -0.15) is 0 Å². The minimum atomic E-state index is -0.661. The van der Waals surface area contributed by atoms with Crippen LogP contribution in [0, 0.1) is 6.92 Å². The molecule has 0 radical (unpaired) electrons. The van der Waals surface area contributed by atoms with E-state index < -0.39 is 5.54 Å². The van der Waals surface area contributed by atoms with Crippen molar-refractivity contribution in [1.29, 1.82) is 0 Å². The molecule has 28 heavy (non-hydrogen) atoms. The number of ether oxygens (including phenoxy) is 2. The molecule has 1 saturated heterocycles. The number of carbonyl (C=O) groups is 1. The van der Waals surface area contributed by atoms with Crippen LogP contribution in [0.25, 0.3) is 11.0 Å². The van der Waals surface area contributed by atoms with Crippen LogP contribution in [-0.4, -0.2) is 41.4 Å². The van der Waals surface area contributed by atoms with Gasteiger partial charge < -0.3 is 24.3 Å². The topological polar surface area (TPSA) is 93.8 Å². The summed E-state index contributed by atoms with van der Waals surface area (Å²) in [5.74, 6) is 0.928. The Morgan fingerprint density at radius 1 is 1.39 bits per heavy atom. The molecule has 3 aromatic rings. The van der Waals surface area contributed by atoms with E-state index in [2.05, 4.69) is 10.3 Å². The molecule has 1 amide bonds. The number of thiazole rings is 1. The Labute approximate surface area is 166 Å². The van der Waals surface area contributed by atoms with Gasteiger partial charge in [-0.05, 0) is 38.0 Å². The third-order valence-corrected chi connectivity index (χ3v) is 5.81. The minimum Gasteiger partial charge on any atom is -0.488 e. The molecule has 3 heterocycles. The van der Waals surface area contributed by atoms with Crippen molar-refractivity contribution in [1.82, 2.24) is 10.3 Å². The third kappa shape index (κ3) is 3.76. The molecule has 0 bridgehead atoms. The summed E-state index contributed by atoms with van der Waals surface area (Å²) in [4.78, 5) is 18.1. The molecule has 0 aliphatic carbocycles. The fraction of sp³-hybridized carbons (Fsp3) is 0.400. The maximum Gasteiger partial charge on any atom is 0.255 e. The molecule has 4 rings (SSSR count). The standard InChI is InChI=1S/C20H22N2O5S/c1-13-18(19(24)22-20(11-23)4-6-25-7-5-20)16-8-14(2-3-17(16)27-13)26-10-15-9-21-12-28-15/h2-3,8-9,12,23H,4-7,10-11H2,1H3,(H,22,24). The van der Waals surface area contributed by atoms with E-state index in [0.717, 1.165) is 4.88 Å².